The Kier molecular flexibility index (Phi) is 5.40. The number of amides is 1. The highest BCUT2D eigenvalue weighted by Gasteiger charge is 2.14. The van der Waals surface area contributed by atoms with E-state index < -0.39 is 0 Å². The normalized spacial score (nSPS) is 10.5. The van der Waals surface area contributed by atoms with Gasteiger partial charge in [0.2, 0.25) is 11.8 Å². The summed E-state index contributed by atoms with van der Waals surface area (Å²) in [4.78, 5) is 12.3. The Morgan fingerprint density at radius 3 is 2.37 bits per heavy atom. The maximum Gasteiger partial charge on any atom is 0.322 e. The number of carbonyl (C=O) groups excluding carboxylic acids is 1. The molecule has 1 N–H and O–H groups in total. The summed E-state index contributed by atoms with van der Waals surface area (Å²) in [5.74, 6) is 1.24. The number of rotatable bonds is 6. The van der Waals surface area contributed by atoms with Gasteiger partial charge in [-0.15, -0.1) is 5.10 Å². The Hall–Kier alpha value is -3.35. The number of hydrogen-bond donors (Lipinski definition) is 1. The van der Waals surface area contributed by atoms with E-state index in [1.165, 1.54) is 0 Å². The van der Waals surface area contributed by atoms with Crippen LogP contribution in [-0.2, 0) is 11.2 Å². The summed E-state index contributed by atoms with van der Waals surface area (Å²) in [6, 6.07) is 11.3. The maximum atomic E-state index is 12.3. The van der Waals surface area contributed by atoms with Crippen LogP contribution in [-0.4, -0.2) is 30.3 Å². The molecule has 7 heteroatoms. The van der Waals surface area contributed by atoms with Crippen LogP contribution in [0.1, 0.15) is 16.7 Å². The van der Waals surface area contributed by atoms with Gasteiger partial charge in [0.05, 0.1) is 20.6 Å². The zero-order valence-corrected chi connectivity index (χ0v) is 15.7. The highest BCUT2D eigenvalue weighted by molar-refractivity contribution is 5.90. The number of nitrogens with zero attached hydrogens (tertiary/aromatic N) is 2. The standard InChI is InChI=1S/C20H21N3O4/c1-12-5-6-14(13(2)7-12)10-18(24)21-20-23-22-19(27-20)15-8-16(25-3)11-17(9-15)26-4/h5-9,11H,10H2,1-4H3,(H,21,23,24). The number of ether oxygens (including phenoxy) is 2. The largest absolute Gasteiger partial charge is 0.497 e. The van der Waals surface area contributed by atoms with Gasteiger partial charge in [0.1, 0.15) is 11.5 Å². The van der Waals surface area contributed by atoms with Crippen molar-refractivity contribution in [3.8, 4) is 23.0 Å². The second kappa shape index (κ2) is 7.90. The number of hydrogen-bond acceptors (Lipinski definition) is 6. The molecule has 7 nitrogen and oxygen atoms in total. The minimum atomic E-state index is -0.222. The Balaban J connectivity index is 1.73. The van der Waals surface area contributed by atoms with E-state index >= 15 is 0 Å². The van der Waals surface area contributed by atoms with Gasteiger partial charge in [-0.05, 0) is 37.1 Å². The van der Waals surface area contributed by atoms with Crippen LogP contribution in [0.3, 0.4) is 0 Å². The predicted molar refractivity (Wildman–Crippen MR) is 101 cm³/mol. The van der Waals surface area contributed by atoms with E-state index in [1.54, 1.807) is 32.4 Å². The summed E-state index contributed by atoms with van der Waals surface area (Å²) < 4.78 is 16.0. The van der Waals surface area contributed by atoms with Crippen LogP contribution in [0.25, 0.3) is 11.5 Å². The van der Waals surface area contributed by atoms with E-state index in [9.17, 15) is 4.79 Å². The first-order chi connectivity index (χ1) is 13.0. The Bertz CT molecular complexity index is 943. The van der Waals surface area contributed by atoms with Crippen molar-refractivity contribution < 1.29 is 18.7 Å². The van der Waals surface area contributed by atoms with Gasteiger partial charge < -0.3 is 13.9 Å². The van der Waals surface area contributed by atoms with Gasteiger partial charge in [0.15, 0.2) is 0 Å². The lowest BCUT2D eigenvalue weighted by atomic mass is 10.0. The molecular formula is C20H21N3O4. The lowest BCUT2D eigenvalue weighted by molar-refractivity contribution is -0.115. The molecule has 140 valence electrons. The van der Waals surface area contributed by atoms with Crippen LogP contribution in [0, 0.1) is 13.8 Å². The number of anilines is 1. The van der Waals surface area contributed by atoms with E-state index in [0.717, 1.165) is 16.7 Å². The smallest absolute Gasteiger partial charge is 0.322 e. The van der Waals surface area contributed by atoms with Gasteiger partial charge in [-0.3, -0.25) is 10.1 Å². The molecule has 0 aliphatic heterocycles. The molecule has 0 saturated carbocycles. The summed E-state index contributed by atoms with van der Waals surface area (Å²) in [6.07, 6.45) is 0.233. The van der Waals surface area contributed by atoms with Crippen LogP contribution in [0.15, 0.2) is 40.8 Å². The highest BCUT2D eigenvalue weighted by atomic mass is 16.5. The Morgan fingerprint density at radius 2 is 1.74 bits per heavy atom. The van der Waals surface area contributed by atoms with Crippen molar-refractivity contribution in [3.63, 3.8) is 0 Å². The third-order valence-corrected chi connectivity index (χ3v) is 4.12. The van der Waals surface area contributed by atoms with Crippen molar-refractivity contribution >= 4 is 11.9 Å². The quantitative estimate of drug-likeness (QED) is 0.717. The number of methoxy groups -OCH3 is 2. The second-order valence-electron chi connectivity index (χ2n) is 6.17. The lowest BCUT2D eigenvalue weighted by Crippen LogP contribution is -2.15. The molecule has 0 fully saturated rings. The maximum absolute atomic E-state index is 12.3. The minimum absolute atomic E-state index is 0.0431. The topological polar surface area (TPSA) is 86.5 Å². The molecule has 1 aromatic heterocycles. The average molecular weight is 367 g/mol. The SMILES string of the molecule is COc1cc(OC)cc(-c2nnc(NC(=O)Cc3ccc(C)cc3C)o2)c1. The molecule has 3 rings (SSSR count). The van der Waals surface area contributed by atoms with E-state index in [2.05, 4.69) is 15.5 Å². The van der Waals surface area contributed by atoms with Crippen LogP contribution in [0.5, 0.6) is 11.5 Å². The zero-order chi connectivity index (χ0) is 19.4. The molecule has 27 heavy (non-hydrogen) atoms. The van der Waals surface area contributed by atoms with Crippen molar-refractivity contribution in [2.24, 2.45) is 0 Å². The van der Waals surface area contributed by atoms with Crippen LogP contribution < -0.4 is 14.8 Å². The fourth-order valence-corrected chi connectivity index (χ4v) is 2.70. The summed E-state index contributed by atoms with van der Waals surface area (Å²) in [5, 5.41) is 10.5. The molecular weight excluding hydrogens is 346 g/mol. The van der Waals surface area contributed by atoms with Crippen molar-refractivity contribution in [2.45, 2.75) is 20.3 Å². The van der Waals surface area contributed by atoms with E-state index in [0.29, 0.717) is 17.1 Å². The number of nitrogens with one attached hydrogen (secondary N) is 1. The lowest BCUT2D eigenvalue weighted by Gasteiger charge is -2.06. The average Bonchev–Trinajstić information content (AvgIpc) is 3.12. The van der Waals surface area contributed by atoms with E-state index in [-0.39, 0.29) is 24.2 Å². The Morgan fingerprint density at radius 1 is 1.04 bits per heavy atom. The number of aromatic nitrogens is 2. The molecule has 0 bridgehead atoms. The number of carbonyl (C=O) groups is 1. The van der Waals surface area contributed by atoms with Crippen molar-refractivity contribution in [3.05, 3.63) is 53.1 Å². The van der Waals surface area contributed by atoms with Crippen LogP contribution >= 0.6 is 0 Å². The Labute approximate surface area is 157 Å². The van der Waals surface area contributed by atoms with Gasteiger partial charge in [0, 0.05) is 11.6 Å². The molecule has 0 spiro atoms. The fourth-order valence-electron chi connectivity index (χ4n) is 2.70. The van der Waals surface area contributed by atoms with Gasteiger partial charge in [-0.2, -0.15) is 0 Å². The van der Waals surface area contributed by atoms with E-state index in [1.807, 2.05) is 32.0 Å². The van der Waals surface area contributed by atoms with Gasteiger partial charge >= 0.3 is 6.01 Å². The number of benzene rings is 2. The van der Waals surface area contributed by atoms with Gasteiger partial charge in [-0.1, -0.05) is 28.9 Å². The summed E-state index contributed by atoms with van der Waals surface area (Å²) in [7, 11) is 3.12. The minimum Gasteiger partial charge on any atom is -0.497 e. The molecule has 0 unspecified atom stereocenters. The second-order valence-corrected chi connectivity index (χ2v) is 6.17. The molecule has 0 aliphatic rings. The van der Waals surface area contributed by atoms with Crippen LogP contribution in [0.4, 0.5) is 6.01 Å². The zero-order valence-electron chi connectivity index (χ0n) is 15.7. The molecule has 1 amide bonds. The first kappa shape index (κ1) is 18.4. The third kappa shape index (κ3) is 4.44. The molecule has 1 heterocycles. The first-order valence-electron chi connectivity index (χ1n) is 8.41. The molecule has 3 aromatic rings. The predicted octanol–water partition coefficient (Wildman–Crippen LogP) is 3.55. The molecule has 0 saturated heterocycles. The summed E-state index contributed by atoms with van der Waals surface area (Å²) in [6.45, 7) is 4.00. The molecule has 2 aromatic carbocycles. The first-order valence-corrected chi connectivity index (χ1v) is 8.41. The summed E-state index contributed by atoms with van der Waals surface area (Å²) in [5.41, 5.74) is 3.82. The monoisotopic (exact) mass is 367 g/mol. The summed E-state index contributed by atoms with van der Waals surface area (Å²) >= 11 is 0. The fraction of sp³-hybridized carbons (Fsp3) is 0.250. The molecule has 0 radical (unpaired) electrons. The van der Waals surface area contributed by atoms with Crippen LogP contribution in [0.2, 0.25) is 0 Å². The van der Waals surface area contributed by atoms with Crippen molar-refractivity contribution in [1.82, 2.24) is 10.2 Å². The highest BCUT2D eigenvalue weighted by Crippen LogP contribution is 2.29. The van der Waals surface area contributed by atoms with Gasteiger partial charge in [0.25, 0.3) is 0 Å². The number of aryl methyl sites for hydroxylation is 2. The van der Waals surface area contributed by atoms with Crippen molar-refractivity contribution in [2.75, 3.05) is 19.5 Å². The van der Waals surface area contributed by atoms with Crippen molar-refractivity contribution in [1.29, 1.82) is 0 Å². The molecule has 0 atom stereocenters. The van der Waals surface area contributed by atoms with E-state index in [4.69, 9.17) is 13.9 Å². The van der Waals surface area contributed by atoms with Gasteiger partial charge in [-0.25, -0.2) is 0 Å². The third-order valence-electron chi connectivity index (χ3n) is 4.12. The molecule has 0 aliphatic carbocycles.